The molecule has 0 spiro atoms. The van der Waals surface area contributed by atoms with Crippen LogP contribution in [-0.4, -0.2) is 15.8 Å². The van der Waals surface area contributed by atoms with Crippen molar-refractivity contribution in [1.29, 1.82) is 0 Å². The molecule has 2 atom stereocenters. The van der Waals surface area contributed by atoms with Crippen LogP contribution in [-0.2, 0) is 6.42 Å². The summed E-state index contributed by atoms with van der Waals surface area (Å²) in [5.74, 6) is 0.264. The Balaban J connectivity index is 1.76. The molecule has 0 unspecified atom stereocenters. The number of hydrogen-bond acceptors (Lipinski definition) is 3. The van der Waals surface area contributed by atoms with Gasteiger partial charge in [-0.2, -0.15) is 0 Å². The second-order valence-corrected chi connectivity index (χ2v) is 7.81. The highest BCUT2D eigenvalue weighted by Crippen LogP contribution is 2.51. The molecule has 1 N–H and O–H groups in total. The van der Waals surface area contributed by atoms with Gasteiger partial charge in [0.15, 0.2) is 0 Å². The highest BCUT2D eigenvalue weighted by Gasteiger charge is 2.32. The van der Waals surface area contributed by atoms with Crippen molar-refractivity contribution in [3.8, 4) is 0 Å². The lowest BCUT2D eigenvalue weighted by molar-refractivity contribution is 0.134. The Morgan fingerprint density at radius 3 is 2.05 bits per heavy atom. The van der Waals surface area contributed by atoms with Crippen LogP contribution in [0.25, 0.3) is 0 Å². The SMILES string of the molecule is C[C@H](O)[C@H](Cc1ccccc1)C1Sc2ccccc2S1. The summed E-state index contributed by atoms with van der Waals surface area (Å²) in [6, 6.07) is 19.0. The molecule has 3 rings (SSSR count). The maximum atomic E-state index is 10.2. The fraction of sp³-hybridized carbons (Fsp3) is 0.294. The van der Waals surface area contributed by atoms with Gasteiger partial charge in [0, 0.05) is 15.7 Å². The molecular formula is C17H18OS2. The van der Waals surface area contributed by atoms with Gasteiger partial charge in [-0.3, -0.25) is 0 Å². The highest BCUT2D eigenvalue weighted by molar-refractivity contribution is 8.19. The molecule has 1 aliphatic heterocycles. The monoisotopic (exact) mass is 302 g/mol. The Kier molecular flexibility index (Phi) is 4.39. The molecule has 0 saturated carbocycles. The van der Waals surface area contributed by atoms with Gasteiger partial charge in [0.05, 0.1) is 10.7 Å². The lowest BCUT2D eigenvalue weighted by Gasteiger charge is -2.25. The minimum Gasteiger partial charge on any atom is -0.393 e. The fourth-order valence-corrected chi connectivity index (χ4v) is 5.76. The van der Waals surface area contributed by atoms with Crippen LogP contribution in [0.15, 0.2) is 64.4 Å². The zero-order chi connectivity index (χ0) is 13.9. The van der Waals surface area contributed by atoms with Crippen molar-refractivity contribution in [2.24, 2.45) is 5.92 Å². The first-order valence-corrected chi connectivity index (χ1v) is 8.64. The standard InChI is InChI=1S/C17H18OS2/c1-12(18)14(11-13-7-3-2-4-8-13)17-19-15-9-5-6-10-16(15)20-17/h2-10,12,14,17-18H,11H2,1H3/t12-,14-/m0/s1. The molecular weight excluding hydrogens is 284 g/mol. The predicted molar refractivity (Wildman–Crippen MR) is 87.3 cm³/mol. The summed E-state index contributed by atoms with van der Waals surface area (Å²) >= 11 is 3.79. The Bertz CT molecular complexity index is 543. The van der Waals surface area contributed by atoms with Gasteiger partial charge in [-0.05, 0) is 31.0 Å². The summed E-state index contributed by atoms with van der Waals surface area (Å²) in [5.41, 5.74) is 1.30. The normalized spacial score (nSPS) is 17.7. The molecule has 104 valence electrons. The van der Waals surface area contributed by atoms with E-state index < -0.39 is 0 Å². The summed E-state index contributed by atoms with van der Waals surface area (Å²) < 4.78 is 0.396. The molecule has 0 aromatic heterocycles. The van der Waals surface area contributed by atoms with Crippen molar-refractivity contribution < 1.29 is 5.11 Å². The zero-order valence-corrected chi connectivity index (χ0v) is 13.0. The number of aliphatic hydroxyl groups is 1. The van der Waals surface area contributed by atoms with E-state index in [1.807, 2.05) is 36.5 Å². The van der Waals surface area contributed by atoms with Crippen LogP contribution in [0.3, 0.4) is 0 Å². The van der Waals surface area contributed by atoms with E-state index in [1.165, 1.54) is 15.4 Å². The molecule has 2 aromatic carbocycles. The van der Waals surface area contributed by atoms with Gasteiger partial charge < -0.3 is 5.11 Å². The average molecular weight is 302 g/mol. The summed E-state index contributed by atoms with van der Waals surface area (Å²) in [6.45, 7) is 1.91. The Hall–Kier alpha value is -0.900. The first-order chi connectivity index (χ1) is 9.74. The zero-order valence-electron chi connectivity index (χ0n) is 11.4. The van der Waals surface area contributed by atoms with E-state index in [0.717, 1.165) is 6.42 Å². The molecule has 0 bridgehead atoms. The summed E-state index contributed by atoms with van der Waals surface area (Å²) in [5, 5.41) is 10.2. The second kappa shape index (κ2) is 6.25. The molecule has 1 nitrogen and oxygen atoms in total. The summed E-state index contributed by atoms with van der Waals surface area (Å²) in [4.78, 5) is 2.70. The number of benzene rings is 2. The van der Waals surface area contributed by atoms with E-state index >= 15 is 0 Å². The quantitative estimate of drug-likeness (QED) is 0.901. The van der Waals surface area contributed by atoms with E-state index in [-0.39, 0.29) is 12.0 Å². The van der Waals surface area contributed by atoms with E-state index in [0.29, 0.717) is 4.58 Å². The van der Waals surface area contributed by atoms with Crippen LogP contribution < -0.4 is 0 Å². The molecule has 20 heavy (non-hydrogen) atoms. The smallest absolute Gasteiger partial charge is 0.0653 e. The van der Waals surface area contributed by atoms with Crippen molar-refractivity contribution in [3.05, 3.63) is 60.2 Å². The van der Waals surface area contributed by atoms with Crippen LogP contribution in [0.1, 0.15) is 12.5 Å². The molecule has 0 amide bonds. The number of rotatable bonds is 4. The molecule has 0 radical (unpaired) electrons. The van der Waals surface area contributed by atoms with Gasteiger partial charge in [-0.15, -0.1) is 23.5 Å². The number of thioether (sulfide) groups is 2. The number of hydrogen-bond donors (Lipinski definition) is 1. The molecule has 1 heterocycles. The van der Waals surface area contributed by atoms with Crippen LogP contribution in [0.2, 0.25) is 0 Å². The van der Waals surface area contributed by atoms with E-state index in [2.05, 4.69) is 48.5 Å². The Morgan fingerprint density at radius 2 is 1.50 bits per heavy atom. The maximum Gasteiger partial charge on any atom is 0.0653 e. The summed E-state index contributed by atoms with van der Waals surface area (Å²) in [6.07, 6.45) is 0.631. The number of aliphatic hydroxyl groups excluding tert-OH is 1. The first kappa shape index (κ1) is 14.1. The molecule has 2 aromatic rings. The predicted octanol–water partition coefficient (Wildman–Crippen LogP) is 4.45. The molecule has 0 saturated heterocycles. The van der Waals surface area contributed by atoms with Gasteiger partial charge in [-0.1, -0.05) is 42.5 Å². The van der Waals surface area contributed by atoms with Crippen LogP contribution >= 0.6 is 23.5 Å². The lowest BCUT2D eigenvalue weighted by Crippen LogP contribution is -2.26. The van der Waals surface area contributed by atoms with E-state index in [1.54, 1.807) is 0 Å². The van der Waals surface area contributed by atoms with Gasteiger partial charge in [-0.25, -0.2) is 0 Å². The molecule has 0 fully saturated rings. The third-order valence-corrected chi connectivity index (χ3v) is 6.71. The highest BCUT2D eigenvalue weighted by atomic mass is 32.2. The van der Waals surface area contributed by atoms with Crippen molar-refractivity contribution in [1.82, 2.24) is 0 Å². The van der Waals surface area contributed by atoms with Crippen LogP contribution in [0.4, 0.5) is 0 Å². The minimum atomic E-state index is -0.297. The van der Waals surface area contributed by atoms with Gasteiger partial charge in [0.25, 0.3) is 0 Å². The van der Waals surface area contributed by atoms with Gasteiger partial charge in [0.1, 0.15) is 0 Å². The third kappa shape index (κ3) is 3.05. The summed E-state index contributed by atoms with van der Waals surface area (Å²) in [7, 11) is 0. The second-order valence-electron chi connectivity index (χ2n) is 5.15. The van der Waals surface area contributed by atoms with Gasteiger partial charge >= 0.3 is 0 Å². The first-order valence-electron chi connectivity index (χ1n) is 6.88. The topological polar surface area (TPSA) is 20.2 Å². The molecule has 0 aliphatic carbocycles. The minimum absolute atomic E-state index is 0.264. The maximum absolute atomic E-state index is 10.2. The van der Waals surface area contributed by atoms with Crippen molar-refractivity contribution in [3.63, 3.8) is 0 Å². The van der Waals surface area contributed by atoms with Crippen molar-refractivity contribution in [2.45, 2.75) is 33.8 Å². The Labute approximate surface area is 128 Å². The van der Waals surface area contributed by atoms with Gasteiger partial charge in [0.2, 0.25) is 0 Å². The Morgan fingerprint density at radius 1 is 0.950 bits per heavy atom. The van der Waals surface area contributed by atoms with Crippen molar-refractivity contribution >= 4 is 23.5 Å². The van der Waals surface area contributed by atoms with E-state index in [9.17, 15) is 5.11 Å². The molecule has 1 aliphatic rings. The third-order valence-electron chi connectivity index (χ3n) is 3.62. The average Bonchev–Trinajstić information content (AvgIpc) is 2.89. The lowest BCUT2D eigenvalue weighted by atomic mass is 9.96. The molecule has 3 heteroatoms. The largest absolute Gasteiger partial charge is 0.393 e. The van der Waals surface area contributed by atoms with Crippen LogP contribution in [0.5, 0.6) is 0 Å². The fourth-order valence-electron chi connectivity index (χ4n) is 2.47. The van der Waals surface area contributed by atoms with Crippen molar-refractivity contribution in [2.75, 3.05) is 0 Å². The van der Waals surface area contributed by atoms with Crippen LogP contribution in [0, 0.1) is 5.92 Å². The number of fused-ring (bicyclic) bond motifs is 1. The van der Waals surface area contributed by atoms with E-state index in [4.69, 9.17) is 0 Å².